The summed E-state index contributed by atoms with van der Waals surface area (Å²) in [5, 5.41) is 6.55. The summed E-state index contributed by atoms with van der Waals surface area (Å²) in [6.07, 6.45) is 1.63. The Morgan fingerprint density at radius 1 is 1.38 bits per heavy atom. The van der Waals surface area contributed by atoms with E-state index in [2.05, 4.69) is 24.3 Å². The van der Waals surface area contributed by atoms with E-state index in [1.807, 2.05) is 32.0 Å². The molecule has 0 unspecified atom stereocenters. The van der Waals surface area contributed by atoms with Crippen LogP contribution in [0.5, 0.6) is 0 Å². The van der Waals surface area contributed by atoms with Crippen LogP contribution in [0.3, 0.4) is 0 Å². The number of carbonyl (C=O) groups is 1. The van der Waals surface area contributed by atoms with E-state index in [1.54, 1.807) is 0 Å². The van der Waals surface area contributed by atoms with Crippen molar-refractivity contribution in [2.24, 2.45) is 16.8 Å². The van der Waals surface area contributed by atoms with Crippen molar-refractivity contribution in [3.05, 3.63) is 29.3 Å². The van der Waals surface area contributed by atoms with Gasteiger partial charge in [0.1, 0.15) is 5.84 Å². The minimum atomic E-state index is -0.246. The molecule has 1 aromatic carbocycles. The minimum Gasteiger partial charge on any atom is -0.384 e. The van der Waals surface area contributed by atoms with Gasteiger partial charge in [-0.25, -0.2) is 0 Å². The summed E-state index contributed by atoms with van der Waals surface area (Å²) in [5.74, 6) is 0.735. The molecule has 0 aliphatic carbocycles. The second kappa shape index (κ2) is 8.29. The predicted octanol–water partition coefficient (Wildman–Crippen LogP) is 2.97. The number of rotatable bonds is 7. The number of oxime groups is 1. The predicted molar refractivity (Wildman–Crippen MR) is 86.2 cm³/mol. The number of nitrogens with two attached hydrogens (primary N) is 1. The Morgan fingerprint density at radius 3 is 2.76 bits per heavy atom. The molecular weight excluding hydrogens is 266 g/mol. The Morgan fingerprint density at radius 2 is 2.10 bits per heavy atom. The van der Waals surface area contributed by atoms with Crippen LogP contribution >= 0.6 is 0 Å². The van der Waals surface area contributed by atoms with Gasteiger partial charge in [0.05, 0.1) is 0 Å². The Hall–Kier alpha value is -2.04. The molecule has 0 aliphatic rings. The molecule has 5 nitrogen and oxygen atoms in total. The zero-order chi connectivity index (χ0) is 15.8. The van der Waals surface area contributed by atoms with E-state index in [4.69, 9.17) is 10.6 Å². The number of nitrogens with zero attached hydrogens (tertiary/aromatic N) is 1. The molecule has 116 valence electrons. The number of amides is 1. The van der Waals surface area contributed by atoms with E-state index in [9.17, 15) is 4.79 Å². The van der Waals surface area contributed by atoms with Gasteiger partial charge in [0.2, 0.25) is 0 Å². The van der Waals surface area contributed by atoms with Gasteiger partial charge in [0.25, 0.3) is 5.91 Å². The summed E-state index contributed by atoms with van der Waals surface area (Å²) >= 11 is 0. The highest BCUT2D eigenvalue weighted by atomic mass is 16.6. The molecular formula is C16H25N3O2. The van der Waals surface area contributed by atoms with Gasteiger partial charge in [-0.15, -0.1) is 0 Å². The van der Waals surface area contributed by atoms with Crippen LogP contribution in [0.15, 0.2) is 23.4 Å². The fraction of sp³-hybridized carbons (Fsp3) is 0.500. The SMILES string of the molecule is Cc1cccc(NC(=O)CO/N=C(\N)CCC(C)C)c1C. The van der Waals surface area contributed by atoms with E-state index in [-0.39, 0.29) is 12.5 Å². The summed E-state index contributed by atoms with van der Waals surface area (Å²) in [4.78, 5) is 16.8. The second-order valence-electron chi connectivity index (χ2n) is 5.58. The number of nitrogens with one attached hydrogen (secondary N) is 1. The average molecular weight is 291 g/mol. The smallest absolute Gasteiger partial charge is 0.265 e. The summed E-state index contributed by atoms with van der Waals surface area (Å²) in [7, 11) is 0. The Labute approximate surface area is 126 Å². The topological polar surface area (TPSA) is 76.7 Å². The lowest BCUT2D eigenvalue weighted by Crippen LogP contribution is -2.19. The first-order chi connectivity index (χ1) is 9.90. The molecule has 0 atom stereocenters. The molecule has 5 heteroatoms. The number of hydrogen-bond acceptors (Lipinski definition) is 3. The monoisotopic (exact) mass is 291 g/mol. The van der Waals surface area contributed by atoms with Crippen LogP contribution in [0.1, 0.15) is 37.8 Å². The molecule has 1 aromatic rings. The molecule has 1 amide bonds. The third kappa shape index (κ3) is 6.29. The summed E-state index contributed by atoms with van der Waals surface area (Å²) < 4.78 is 0. The van der Waals surface area contributed by atoms with Gasteiger partial charge in [-0.3, -0.25) is 4.79 Å². The third-order valence-electron chi connectivity index (χ3n) is 3.23. The lowest BCUT2D eigenvalue weighted by atomic mass is 10.1. The number of hydrogen-bond donors (Lipinski definition) is 2. The third-order valence-corrected chi connectivity index (χ3v) is 3.23. The highest BCUT2D eigenvalue weighted by Crippen LogP contribution is 2.17. The molecule has 0 radical (unpaired) electrons. The molecule has 0 bridgehead atoms. The Balaban J connectivity index is 2.41. The zero-order valence-electron chi connectivity index (χ0n) is 13.3. The fourth-order valence-corrected chi connectivity index (χ4v) is 1.73. The van der Waals surface area contributed by atoms with Crippen LogP contribution in [-0.2, 0) is 9.63 Å². The number of carbonyl (C=O) groups excluding carboxylic acids is 1. The maximum absolute atomic E-state index is 11.8. The first-order valence-electron chi connectivity index (χ1n) is 7.20. The molecule has 0 heterocycles. The molecule has 0 aromatic heterocycles. The highest BCUT2D eigenvalue weighted by Gasteiger charge is 2.06. The molecule has 0 saturated heterocycles. The molecule has 3 N–H and O–H groups in total. The van der Waals surface area contributed by atoms with E-state index < -0.39 is 0 Å². The number of amidine groups is 1. The quantitative estimate of drug-likeness (QED) is 0.460. The first kappa shape index (κ1) is 17.0. The van der Waals surface area contributed by atoms with E-state index in [0.29, 0.717) is 18.2 Å². The van der Waals surface area contributed by atoms with E-state index in [1.165, 1.54) is 0 Å². The molecule has 0 fully saturated rings. The summed E-state index contributed by atoms with van der Waals surface area (Å²) in [6.45, 7) is 8.06. The molecule has 1 rings (SSSR count). The van der Waals surface area contributed by atoms with Crippen molar-refractivity contribution < 1.29 is 9.63 Å². The van der Waals surface area contributed by atoms with Crippen LogP contribution in [-0.4, -0.2) is 18.3 Å². The first-order valence-corrected chi connectivity index (χ1v) is 7.20. The average Bonchev–Trinajstić information content (AvgIpc) is 2.41. The van der Waals surface area contributed by atoms with Crippen LogP contribution in [0.4, 0.5) is 5.69 Å². The zero-order valence-corrected chi connectivity index (χ0v) is 13.3. The van der Waals surface area contributed by atoms with Crippen LogP contribution in [0.2, 0.25) is 0 Å². The minimum absolute atomic E-state index is 0.143. The second-order valence-corrected chi connectivity index (χ2v) is 5.58. The van der Waals surface area contributed by atoms with Gasteiger partial charge in [0.15, 0.2) is 6.61 Å². The molecule has 21 heavy (non-hydrogen) atoms. The molecule has 0 spiro atoms. The van der Waals surface area contributed by atoms with Crippen molar-refractivity contribution in [2.75, 3.05) is 11.9 Å². The maximum atomic E-state index is 11.8. The van der Waals surface area contributed by atoms with Crippen molar-refractivity contribution in [3.63, 3.8) is 0 Å². The lowest BCUT2D eigenvalue weighted by Gasteiger charge is -2.10. The summed E-state index contributed by atoms with van der Waals surface area (Å²) in [5.41, 5.74) is 8.67. The van der Waals surface area contributed by atoms with Gasteiger partial charge in [0, 0.05) is 12.1 Å². The maximum Gasteiger partial charge on any atom is 0.265 e. The van der Waals surface area contributed by atoms with Crippen molar-refractivity contribution in [1.29, 1.82) is 0 Å². The largest absolute Gasteiger partial charge is 0.384 e. The van der Waals surface area contributed by atoms with Crippen molar-refractivity contribution in [3.8, 4) is 0 Å². The number of anilines is 1. The van der Waals surface area contributed by atoms with Crippen LogP contribution in [0.25, 0.3) is 0 Å². The van der Waals surface area contributed by atoms with Crippen molar-refractivity contribution in [1.82, 2.24) is 0 Å². The van der Waals surface area contributed by atoms with Gasteiger partial charge >= 0.3 is 0 Å². The lowest BCUT2D eigenvalue weighted by molar-refractivity contribution is -0.120. The van der Waals surface area contributed by atoms with Gasteiger partial charge in [-0.1, -0.05) is 31.1 Å². The van der Waals surface area contributed by atoms with E-state index >= 15 is 0 Å². The number of aryl methyl sites for hydroxylation is 1. The van der Waals surface area contributed by atoms with Gasteiger partial charge in [-0.2, -0.15) is 0 Å². The summed E-state index contributed by atoms with van der Waals surface area (Å²) in [6, 6.07) is 5.77. The fourth-order valence-electron chi connectivity index (χ4n) is 1.73. The van der Waals surface area contributed by atoms with Gasteiger partial charge < -0.3 is 15.9 Å². The van der Waals surface area contributed by atoms with Crippen LogP contribution < -0.4 is 11.1 Å². The number of benzene rings is 1. The van der Waals surface area contributed by atoms with E-state index in [0.717, 1.165) is 23.2 Å². The van der Waals surface area contributed by atoms with Crippen LogP contribution in [0, 0.1) is 19.8 Å². The molecule has 0 aliphatic heterocycles. The van der Waals surface area contributed by atoms with Gasteiger partial charge in [-0.05, 0) is 43.4 Å². The standard InChI is InChI=1S/C16H25N3O2/c1-11(2)8-9-15(17)19-21-10-16(20)18-14-7-5-6-12(3)13(14)4/h5-7,11H,8-10H2,1-4H3,(H2,17,19)(H,18,20). The Kier molecular flexibility index (Phi) is 6.72. The normalized spacial score (nSPS) is 11.6. The van der Waals surface area contributed by atoms with Crippen molar-refractivity contribution >= 4 is 17.4 Å². The van der Waals surface area contributed by atoms with Crippen molar-refractivity contribution in [2.45, 2.75) is 40.5 Å². The Bertz CT molecular complexity index is 510. The highest BCUT2D eigenvalue weighted by molar-refractivity contribution is 5.92. The molecule has 0 saturated carbocycles.